The predicted molar refractivity (Wildman–Crippen MR) is 476 cm³/mol. The Morgan fingerprint density at radius 1 is 0.516 bits per heavy atom. The number of benzene rings is 5. The number of amides is 14. The molecule has 35 nitrogen and oxygen atoms in total. The van der Waals surface area contributed by atoms with Crippen molar-refractivity contribution in [3.8, 4) is 11.5 Å². The van der Waals surface area contributed by atoms with E-state index in [-0.39, 0.29) is 74.5 Å². The molecular weight excluding hydrogens is 1670 g/mol. The lowest BCUT2D eigenvalue weighted by Gasteiger charge is -2.37. The number of aromatic nitrogens is 2. The number of carboxylic acid groups (broad SMARTS) is 1. The number of aromatic hydroxyl groups is 2. The highest BCUT2D eigenvalue weighted by atomic mass is 32.2. The van der Waals surface area contributed by atoms with Crippen molar-refractivity contribution >= 4 is 117 Å². The summed E-state index contributed by atoms with van der Waals surface area (Å²) in [7, 11) is 5.25. The number of nitrogens with one attached hydrogen (secondary N) is 10. The largest absolute Gasteiger partial charge is 0.508 e. The fraction of sp³-hybridized carbons (Fsp3) is 0.424. The van der Waals surface area contributed by atoms with Crippen LogP contribution in [0, 0.1) is 17.8 Å². The minimum absolute atomic E-state index is 0.0323. The van der Waals surface area contributed by atoms with E-state index in [1.807, 2.05) is 6.92 Å². The van der Waals surface area contributed by atoms with E-state index < -0.39 is 205 Å². The van der Waals surface area contributed by atoms with Gasteiger partial charge in [0.15, 0.2) is 5.78 Å². The Labute approximate surface area is 746 Å². The molecule has 0 aliphatic carbocycles. The molecule has 5 aromatic carbocycles. The number of hydrogen-bond donors (Lipinski definition) is 14. The maximum absolute atomic E-state index is 15.5. The number of hydrogen-bond acceptors (Lipinski definition) is 20. The number of aromatic amines is 1. The molecule has 684 valence electrons. The molecule has 3 heterocycles. The van der Waals surface area contributed by atoms with E-state index in [0.29, 0.717) is 57.1 Å². The van der Waals surface area contributed by atoms with Gasteiger partial charge in [-0.25, -0.2) is 0 Å². The lowest BCUT2D eigenvalue weighted by molar-refractivity contribution is -0.151. The smallest absolute Gasteiger partial charge is 0.305 e. The second-order valence-electron chi connectivity index (χ2n) is 32.8. The monoisotopic (exact) mass is 1780 g/mol. The molecule has 36 heteroatoms. The standard InChI is InChI=1S/C92H116N16O19S/c1-10-11-28-74-91(126)106(7)51-79(114)98-70(46-81(116)117)88(123)104-82(55(4)5)76(111)45-61(39-60-25-20-37-94-47-60)83(118)102-71(42-59-31-35-64(110)36-32-59)89(124)105(6)50-78(113)97-69(44-62-48-95-66-27-19-18-26-65(62)66)87(122)101-68(40-58-29-33-63(109)34-30-58)86(121)100-67(38-54(2)3)85(120)103-73(84(119)96-49-77(93)112)52-128-53-80(115)99-72(41-56-21-14-12-15-22-56)90(125)108(9)75(92(127)107(74)8)43-57-23-16-13-17-24-57/h12-27,29-37,47-48,54-55,61,67-75,82,95,109-110H,10-11,28,38-46,49-53H2,1-9H3,(H2,93,112)(H,96,119)(H,97,113)(H,98,114)(H,99,115)(H,100,121)(H,101,122)(H,102,118)(H,103,120)(H,104,123)(H,116,117)/t61-,67+,68+,69+,70+,71+,72+,73+,74+,75+,82+/m1/s1. The number of nitrogens with zero attached hydrogens (tertiary/aromatic N) is 5. The molecule has 0 unspecified atom stereocenters. The Morgan fingerprint density at radius 2 is 1.02 bits per heavy atom. The van der Waals surface area contributed by atoms with Crippen LogP contribution < -0.4 is 53.6 Å². The molecular formula is C92H116N16O19S. The van der Waals surface area contributed by atoms with Crippen LogP contribution in [0.3, 0.4) is 0 Å². The first-order valence-electron chi connectivity index (χ1n) is 42.3. The van der Waals surface area contributed by atoms with Gasteiger partial charge in [0.25, 0.3) is 0 Å². The summed E-state index contributed by atoms with van der Waals surface area (Å²) < 4.78 is 0. The number of nitrogens with two attached hydrogens (primary N) is 1. The number of phenols is 2. The molecule has 14 amide bonds. The first kappa shape index (κ1) is 99.9. The number of phenolic OH excluding ortho intramolecular Hbond substituents is 2. The summed E-state index contributed by atoms with van der Waals surface area (Å²) in [6.45, 7) is 6.20. The van der Waals surface area contributed by atoms with Gasteiger partial charge in [0, 0.05) is 108 Å². The highest BCUT2D eigenvalue weighted by Gasteiger charge is 2.42. The van der Waals surface area contributed by atoms with Gasteiger partial charge in [-0.05, 0) is 101 Å². The summed E-state index contributed by atoms with van der Waals surface area (Å²) in [6.07, 6.45) is 2.44. The second kappa shape index (κ2) is 48.8. The SMILES string of the molecule is CCCC[C@H]1C(=O)N(C)CC(=O)N[C@@H](CC(=O)O)C(=O)N[C@@H](C(C)C)C(=O)C[C@@H](Cc2cccnc2)C(=O)N[C@@H](Cc2ccc(O)cc2)C(=O)N(C)CC(=O)N[C@@H](Cc2c[nH]c3ccccc23)C(=O)N[C@@H](Cc2ccc(O)cc2)C(=O)N[C@@H](CC(C)C)C(=O)N[C@H](C(=O)NCC(N)=O)CSCC(=O)N[C@@H](Cc2ccccc2)C(=O)N(C)[C@@H](Cc2ccccc2)C(=O)N1C. The van der Waals surface area contributed by atoms with Gasteiger partial charge in [-0.2, -0.15) is 0 Å². The Kier molecular flexibility index (Phi) is 38.1. The van der Waals surface area contributed by atoms with Crippen LogP contribution in [-0.4, -0.2) is 259 Å². The molecule has 11 atom stereocenters. The third-order valence-electron chi connectivity index (χ3n) is 21.8. The van der Waals surface area contributed by atoms with Gasteiger partial charge in [0.05, 0.1) is 37.8 Å². The summed E-state index contributed by atoms with van der Waals surface area (Å²) in [5.74, 6) is -18.5. The van der Waals surface area contributed by atoms with Gasteiger partial charge in [0.2, 0.25) is 82.7 Å². The number of unbranched alkanes of at least 4 members (excludes halogenated alkanes) is 1. The number of thioether (sulfide) groups is 1. The van der Waals surface area contributed by atoms with E-state index in [1.165, 1.54) is 98.9 Å². The van der Waals surface area contributed by atoms with E-state index in [4.69, 9.17) is 5.73 Å². The first-order valence-corrected chi connectivity index (χ1v) is 43.5. The molecule has 128 heavy (non-hydrogen) atoms. The number of primary amides is 1. The minimum atomic E-state index is -1.89. The summed E-state index contributed by atoms with van der Waals surface area (Å²) in [4.78, 5) is 246. The summed E-state index contributed by atoms with van der Waals surface area (Å²) in [5.41, 5.74) is 9.05. The summed E-state index contributed by atoms with van der Waals surface area (Å²) >= 11 is 0.829. The maximum atomic E-state index is 15.5. The van der Waals surface area contributed by atoms with Gasteiger partial charge in [-0.3, -0.25) is 81.7 Å². The normalized spacial score (nSPS) is 22.0. The maximum Gasteiger partial charge on any atom is 0.305 e. The molecule has 1 saturated heterocycles. The average molecular weight is 1780 g/mol. The van der Waals surface area contributed by atoms with E-state index in [1.54, 1.807) is 131 Å². The summed E-state index contributed by atoms with van der Waals surface area (Å²) in [5, 5.41) is 55.5. The molecule has 0 saturated carbocycles. The van der Waals surface area contributed by atoms with Gasteiger partial charge >= 0.3 is 5.97 Å². The topological polar surface area (TPSA) is 510 Å². The van der Waals surface area contributed by atoms with Gasteiger partial charge < -0.3 is 93.5 Å². The molecule has 8 rings (SSSR count). The van der Waals surface area contributed by atoms with Crippen LogP contribution in [0.2, 0.25) is 0 Å². The molecule has 2 aromatic heterocycles. The number of Topliss-reactive ketones (excluding diaryl/α,β-unsaturated/α-hetero) is 1. The first-order chi connectivity index (χ1) is 60.9. The Balaban J connectivity index is 1.20. The number of carbonyl (C=O) groups excluding carboxylic acids is 15. The molecule has 0 spiro atoms. The number of ketones is 1. The molecule has 1 aliphatic rings. The van der Waals surface area contributed by atoms with Crippen molar-refractivity contribution in [3.63, 3.8) is 0 Å². The lowest BCUT2D eigenvalue weighted by atomic mass is 9.88. The zero-order chi connectivity index (χ0) is 93.4. The van der Waals surface area contributed by atoms with Crippen LogP contribution in [-0.2, 0) is 115 Å². The second-order valence-corrected chi connectivity index (χ2v) is 33.9. The average Bonchev–Trinajstić information content (AvgIpc) is 1.75. The molecule has 0 bridgehead atoms. The highest BCUT2D eigenvalue weighted by molar-refractivity contribution is 8.00. The third kappa shape index (κ3) is 30.7. The van der Waals surface area contributed by atoms with Crippen molar-refractivity contribution in [2.75, 3.05) is 59.3 Å². The van der Waals surface area contributed by atoms with Gasteiger partial charge in [0.1, 0.15) is 65.9 Å². The van der Waals surface area contributed by atoms with Crippen molar-refractivity contribution in [1.82, 2.24) is 77.4 Å². The number of carboxylic acids is 1. The molecule has 1 aliphatic heterocycles. The number of fused-ring (bicyclic) bond motifs is 1. The zero-order valence-corrected chi connectivity index (χ0v) is 74.0. The number of likely N-dealkylation sites (N-methyl/N-ethyl adjacent to an activating group) is 4. The van der Waals surface area contributed by atoms with Crippen molar-refractivity contribution in [2.24, 2.45) is 23.5 Å². The van der Waals surface area contributed by atoms with Crippen LogP contribution in [0.4, 0.5) is 0 Å². The van der Waals surface area contributed by atoms with Crippen molar-refractivity contribution in [3.05, 3.63) is 198 Å². The number of pyridine rings is 1. The summed E-state index contributed by atoms with van der Waals surface area (Å²) in [6, 6.07) is 23.7. The van der Waals surface area contributed by atoms with Crippen LogP contribution in [0.1, 0.15) is 107 Å². The van der Waals surface area contributed by atoms with Crippen LogP contribution in [0.5, 0.6) is 11.5 Å². The Hall–Kier alpha value is -13.5. The zero-order valence-electron chi connectivity index (χ0n) is 73.2. The molecule has 1 fully saturated rings. The number of rotatable bonds is 23. The van der Waals surface area contributed by atoms with Crippen molar-refractivity contribution in [1.29, 1.82) is 0 Å². The van der Waals surface area contributed by atoms with Crippen molar-refractivity contribution in [2.45, 2.75) is 172 Å². The van der Waals surface area contributed by atoms with Crippen LogP contribution in [0.15, 0.2) is 164 Å². The van der Waals surface area contributed by atoms with E-state index in [2.05, 4.69) is 57.8 Å². The Bertz CT molecular complexity index is 5030. The predicted octanol–water partition coefficient (Wildman–Crippen LogP) is 2.47. The van der Waals surface area contributed by atoms with Crippen molar-refractivity contribution < 1.29 is 92.0 Å². The number of aliphatic carboxylic acids is 1. The van der Waals surface area contributed by atoms with Crippen LogP contribution >= 0.6 is 11.8 Å². The van der Waals surface area contributed by atoms with E-state index in [0.717, 1.165) is 21.6 Å². The molecule has 7 aromatic rings. The minimum Gasteiger partial charge on any atom is -0.508 e. The number of para-hydroxylation sites is 1. The fourth-order valence-electron chi connectivity index (χ4n) is 14.9. The quantitative estimate of drug-likeness (QED) is 0.0437. The van der Waals surface area contributed by atoms with Crippen LogP contribution in [0.25, 0.3) is 10.9 Å². The van der Waals surface area contributed by atoms with Gasteiger partial charge in [-0.15, -0.1) is 11.8 Å². The fourth-order valence-corrected chi connectivity index (χ4v) is 15.7. The molecule has 0 radical (unpaired) electrons. The lowest BCUT2D eigenvalue weighted by Crippen LogP contribution is -2.60. The third-order valence-corrected chi connectivity index (χ3v) is 22.8. The van der Waals surface area contributed by atoms with E-state index >= 15 is 28.8 Å². The Morgan fingerprint density at radius 3 is 1.59 bits per heavy atom. The number of carbonyl (C=O) groups is 16. The number of H-pyrrole nitrogens is 1. The van der Waals surface area contributed by atoms with Gasteiger partial charge in [-0.1, -0.05) is 157 Å². The van der Waals surface area contributed by atoms with E-state index in [9.17, 15) is 63.3 Å². The molecule has 15 N–H and O–H groups in total. The highest BCUT2D eigenvalue weighted by Crippen LogP contribution is 2.25.